The van der Waals surface area contributed by atoms with Gasteiger partial charge in [-0.2, -0.15) is 13.2 Å². The van der Waals surface area contributed by atoms with Gasteiger partial charge in [0, 0.05) is 6.54 Å². The van der Waals surface area contributed by atoms with Crippen molar-refractivity contribution >= 4 is 0 Å². The predicted octanol–water partition coefficient (Wildman–Crippen LogP) is 3.44. The largest absolute Gasteiger partial charge is 0.437 e. The molecule has 0 spiro atoms. The maximum absolute atomic E-state index is 12.7. The lowest BCUT2D eigenvalue weighted by atomic mass is 10.1. The maximum atomic E-state index is 12.7. The van der Waals surface area contributed by atoms with Crippen molar-refractivity contribution in [3.8, 4) is 0 Å². The van der Waals surface area contributed by atoms with Gasteiger partial charge < -0.3 is 0 Å². The first-order valence-electron chi connectivity index (χ1n) is 6.00. The molecule has 0 aromatic carbocycles. The fourth-order valence-electron chi connectivity index (χ4n) is 1.63. The van der Waals surface area contributed by atoms with Gasteiger partial charge in [0.05, 0.1) is 5.69 Å². The van der Waals surface area contributed by atoms with E-state index in [0.29, 0.717) is 13.0 Å². The lowest BCUT2D eigenvalue weighted by Crippen LogP contribution is -2.12. The van der Waals surface area contributed by atoms with Crippen molar-refractivity contribution in [2.75, 3.05) is 0 Å². The second kappa shape index (κ2) is 6.02. The number of rotatable bonds is 6. The molecule has 0 unspecified atom stereocenters. The van der Waals surface area contributed by atoms with Crippen molar-refractivity contribution in [2.24, 2.45) is 0 Å². The number of aromatic nitrogens is 3. The van der Waals surface area contributed by atoms with Crippen molar-refractivity contribution < 1.29 is 13.2 Å². The van der Waals surface area contributed by atoms with E-state index in [4.69, 9.17) is 0 Å². The highest BCUT2D eigenvalue weighted by molar-refractivity contribution is 5.14. The molecule has 0 fully saturated rings. The Morgan fingerprint density at radius 2 is 1.76 bits per heavy atom. The van der Waals surface area contributed by atoms with Gasteiger partial charge in [-0.25, -0.2) is 4.68 Å². The Labute approximate surface area is 99.0 Å². The van der Waals surface area contributed by atoms with E-state index in [1.54, 1.807) is 0 Å². The van der Waals surface area contributed by atoms with Gasteiger partial charge in [0.25, 0.3) is 0 Å². The number of alkyl halides is 3. The quantitative estimate of drug-likeness (QED) is 0.773. The average molecular weight is 249 g/mol. The molecule has 1 heterocycles. The zero-order valence-electron chi connectivity index (χ0n) is 10.2. The van der Waals surface area contributed by atoms with E-state index in [1.807, 2.05) is 13.8 Å². The Morgan fingerprint density at radius 3 is 2.29 bits per heavy atom. The summed E-state index contributed by atoms with van der Waals surface area (Å²) in [4.78, 5) is 0. The van der Waals surface area contributed by atoms with Crippen LogP contribution in [0.2, 0.25) is 0 Å². The summed E-state index contributed by atoms with van der Waals surface area (Å²) >= 11 is 0. The van der Waals surface area contributed by atoms with E-state index >= 15 is 0 Å². The van der Waals surface area contributed by atoms with E-state index in [2.05, 4.69) is 10.3 Å². The molecule has 6 heteroatoms. The summed E-state index contributed by atoms with van der Waals surface area (Å²) in [7, 11) is 0. The summed E-state index contributed by atoms with van der Waals surface area (Å²) in [6.45, 7) is 4.46. The summed E-state index contributed by atoms with van der Waals surface area (Å²) in [5.41, 5.74) is -0.588. The monoisotopic (exact) mass is 249 g/mol. The van der Waals surface area contributed by atoms with Crippen molar-refractivity contribution in [1.29, 1.82) is 0 Å². The number of aryl methyl sites for hydroxylation is 1. The van der Waals surface area contributed by atoms with Gasteiger partial charge in [-0.1, -0.05) is 31.9 Å². The standard InChI is InChI=1S/C11H18F3N3/c1-3-5-7-9-10(11(12,13)14)15-16-17(9)8-6-4-2/h3-8H2,1-2H3. The Balaban J connectivity index is 2.93. The number of hydrogen-bond donors (Lipinski definition) is 0. The topological polar surface area (TPSA) is 30.7 Å². The van der Waals surface area contributed by atoms with E-state index < -0.39 is 11.9 Å². The first kappa shape index (κ1) is 14.0. The molecule has 98 valence electrons. The summed E-state index contributed by atoms with van der Waals surface area (Å²) in [5.74, 6) is 0. The normalized spacial score (nSPS) is 12.1. The third-order valence-electron chi connectivity index (χ3n) is 2.60. The fourth-order valence-corrected chi connectivity index (χ4v) is 1.63. The third kappa shape index (κ3) is 3.71. The van der Waals surface area contributed by atoms with Crippen LogP contribution in [-0.4, -0.2) is 15.0 Å². The molecular weight excluding hydrogens is 231 g/mol. The van der Waals surface area contributed by atoms with Gasteiger partial charge in [-0.3, -0.25) is 0 Å². The maximum Gasteiger partial charge on any atom is 0.437 e. The Bertz CT molecular complexity index is 344. The minimum absolute atomic E-state index is 0.229. The average Bonchev–Trinajstić information content (AvgIpc) is 2.66. The second-order valence-electron chi connectivity index (χ2n) is 4.06. The van der Waals surface area contributed by atoms with Gasteiger partial charge in [-0.05, 0) is 19.3 Å². The van der Waals surface area contributed by atoms with E-state index in [1.165, 1.54) is 4.68 Å². The minimum Gasteiger partial charge on any atom is -0.249 e. The zero-order chi connectivity index (χ0) is 12.9. The highest BCUT2D eigenvalue weighted by atomic mass is 19.4. The van der Waals surface area contributed by atoms with Crippen LogP contribution < -0.4 is 0 Å². The van der Waals surface area contributed by atoms with Crippen LogP contribution in [0.15, 0.2) is 0 Å². The molecule has 0 saturated carbocycles. The van der Waals surface area contributed by atoms with Crippen LogP contribution >= 0.6 is 0 Å². The SMILES string of the molecule is CCCCc1c(C(F)(F)F)nnn1CCCC. The molecule has 0 aliphatic heterocycles. The number of unbranched alkanes of at least 4 members (excludes halogenated alkanes) is 2. The smallest absolute Gasteiger partial charge is 0.249 e. The number of halogens is 3. The van der Waals surface area contributed by atoms with Gasteiger partial charge >= 0.3 is 6.18 Å². The lowest BCUT2D eigenvalue weighted by molar-refractivity contribution is -0.141. The molecule has 0 bridgehead atoms. The minimum atomic E-state index is -4.40. The van der Waals surface area contributed by atoms with Crippen LogP contribution in [0.3, 0.4) is 0 Å². The summed E-state index contributed by atoms with van der Waals surface area (Å²) < 4.78 is 39.5. The molecule has 0 aliphatic carbocycles. The van der Waals surface area contributed by atoms with Gasteiger partial charge in [0.1, 0.15) is 0 Å². The highest BCUT2D eigenvalue weighted by Crippen LogP contribution is 2.30. The van der Waals surface area contributed by atoms with Crippen LogP contribution in [0.4, 0.5) is 13.2 Å². The van der Waals surface area contributed by atoms with Gasteiger partial charge in [-0.15, -0.1) is 5.10 Å². The molecule has 0 amide bonds. The molecule has 1 rings (SSSR count). The Hall–Kier alpha value is -1.07. The van der Waals surface area contributed by atoms with E-state index in [9.17, 15) is 13.2 Å². The molecule has 0 radical (unpaired) electrons. The van der Waals surface area contributed by atoms with Crippen molar-refractivity contribution in [2.45, 2.75) is 58.7 Å². The molecule has 3 nitrogen and oxygen atoms in total. The molecule has 0 N–H and O–H groups in total. The van der Waals surface area contributed by atoms with Crippen molar-refractivity contribution in [3.05, 3.63) is 11.4 Å². The summed E-state index contributed by atoms with van der Waals surface area (Å²) in [6.07, 6.45) is -0.678. The van der Waals surface area contributed by atoms with Crippen LogP contribution in [0, 0.1) is 0 Å². The van der Waals surface area contributed by atoms with Gasteiger partial charge in [0.2, 0.25) is 0 Å². The third-order valence-corrected chi connectivity index (χ3v) is 2.60. The van der Waals surface area contributed by atoms with Crippen LogP contribution in [0.1, 0.15) is 50.9 Å². The first-order chi connectivity index (χ1) is 8.00. The second-order valence-corrected chi connectivity index (χ2v) is 4.06. The number of nitrogens with zero attached hydrogens (tertiary/aromatic N) is 3. The van der Waals surface area contributed by atoms with E-state index in [0.717, 1.165) is 25.7 Å². The lowest BCUT2D eigenvalue weighted by Gasteiger charge is -2.08. The van der Waals surface area contributed by atoms with Crippen LogP contribution in [0.5, 0.6) is 0 Å². The zero-order valence-corrected chi connectivity index (χ0v) is 10.2. The van der Waals surface area contributed by atoms with Crippen molar-refractivity contribution in [3.63, 3.8) is 0 Å². The van der Waals surface area contributed by atoms with Crippen molar-refractivity contribution in [1.82, 2.24) is 15.0 Å². The first-order valence-corrected chi connectivity index (χ1v) is 6.00. The molecule has 1 aromatic rings. The Morgan fingerprint density at radius 1 is 1.12 bits per heavy atom. The fraction of sp³-hybridized carbons (Fsp3) is 0.818. The summed E-state index contributed by atoms with van der Waals surface area (Å²) in [5, 5.41) is 6.90. The van der Waals surface area contributed by atoms with Crippen LogP contribution in [-0.2, 0) is 19.1 Å². The Kier molecular flexibility index (Phi) is 4.96. The molecule has 1 aromatic heterocycles. The predicted molar refractivity (Wildman–Crippen MR) is 58.5 cm³/mol. The molecule has 0 atom stereocenters. The van der Waals surface area contributed by atoms with Gasteiger partial charge in [0.15, 0.2) is 5.69 Å². The molecular formula is C11H18F3N3. The van der Waals surface area contributed by atoms with E-state index in [-0.39, 0.29) is 5.69 Å². The number of hydrogen-bond acceptors (Lipinski definition) is 2. The highest BCUT2D eigenvalue weighted by Gasteiger charge is 2.38. The molecule has 0 aliphatic rings. The van der Waals surface area contributed by atoms with Crippen LogP contribution in [0.25, 0.3) is 0 Å². The summed E-state index contributed by atoms with van der Waals surface area (Å²) in [6, 6.07) is 0. The molecule has 17 heavy (non-hydrogen) atoms. The molecule has 0 saturated heterocycles.